The van der Waals surface area contributed by atoms with Gasteiger partial charge in [-0.05, 0) is 44.4 Å². The van der Waals surface area contributed by atoms with Gasteiger partial charge in [0.2, 0.25) is 0 Å². The summed E-state index contributed by atoms with van der Waals surface area (Å²) in [6, 6.07) is 15.1. The van der Waals surface area contributed by atoms with Gasteiger partial charge < -0.3 is 19.7 Å². The third-order valence-electron chi connectivity index (χ3n) is 4.49. The van der Waals surface area contributed by atoms with E-state index in [1.54, 1.807) is 25.1 Å². The van der Waals surface area contributed by atoms with E-state index < -0.39 is 0 Å². The number of hydrogen-bond acceptors (Lipinski definition) is 5. The number of likely N-dealkylation sites (N-methyl/N-ethyl adjacent to an activating group) is 1. The van der Waals surface area contributed by atoms with Crippen LogP contribution in [0.3, 0.4) is 0 Å². The molecule has 0 saturated carbocycles. The number of benzene rings is 2. The summed E-state index contributed by atoms with van der Waals surface area (Å²) in [4.78, 5) is 15.0. The van der Waals surface area contributed by atoms with E-state index in [9.17, 15) is 4.79 Å². The average Bonchev–Trinajstić information content (AvgIpc) is 3.19. The first kappa shape index (κ1) is 20.4. The highest BCUT2D eigenvalue weighted by Gasteiger charge is 2.21. The highest BCUT2D eigenvalue weighted by Crippen LogP contribution is 2.35. The van der Waals surface area contributed by atoms with E-state index in [1.807, 2.05) is 67.5 Å². The van der Waals surface area contributed by atoms with Crippen LogP contribution < -0.4 is 14.8 Å². The zero-order chi connectivity index (χ0) is 20.8. The van der Waals surface area contributed by atoms with Gasteiger partial charge in [-0.3, -0.25) is 4.79 Å². The summed E-state index contributed by atoms with van der Waals surface area (Å²) in [7, 11) is 7.12. The number of hydrogen-bond donors (Lipinski definition) is 1. The molecule has 1 aromatic heterocycles. The Labute approximate surface area is 170 Å². The average molecular weight is 394 g/mol. The van der Waals surface area contributed by atoms with Crippen LogP contribution in [0.4, 0.5) is 0 Å². The molecule has 0 aliphatic heterocycles. The largest absolute Gasteiger partial charge is 0.497 e. The fourth-order valence-electron chi connectivity index (χ4n) is 2.94. The molecule has 1 heterocycles. The molecule has 29 heavy (non-hydrogen) atoms. The van der Waals surface area contributed by atoms with Crippen molar-refractivity contribution in [2.75, 3.05) is 41.4 Å². The van der Waals surface area contributed by atoms with Crippen LogP contribution in [0.5, 0.6) is 11.5 Å². The fraction of sp³-hybridized carbons (Fsp3) is 0.273. The van der Waals surface area contributed by atoms with Crippen LogP contribution in [0.1, 0.15) is 10.4 Å². The molecule has 0 spiro atoms. The Morgan fingerprint density at radius 1 is 1.10 bits per heavy atom. The number of rotatable bonds is 8. The monoisotopic (exact) mass is 394 g/mol. The lowest BCUT2D eigenvalue weighted by Crippen LogP contribution is -2.31. The summed E-state index contributed by atoms with van der Waals surface area (Å²) < 4.78 is 12.6. The van der Waals surface area contributed by atoms with Gasteiger partial charge in [-0.15, -0.1) is 0 Å². The van der Waals surface area contributed by atoms with E-state index in [0.29, 0.717) is 34.9 Å². The van der Waals surface area contributed by atoms with E-state index in [2.05, 4.69) is 5.32 Å². The maximum Gasteiger partial charge on any atom is 0.255 e. The van der Waals surface area contributed by atoms with Crippen LogP contribution in [0, 0.1) is 0 Å². The number of amides is 1. The molecular weight excluding hydrogens is 368 g/mol. The molecule has 0 saturated heterocycles. The number of para-hydroxylation sites is 1. The van der Waals surface area contributed by atoms with Gasteiger partial charge in [0.25, 0.3) is 5.91 Å². The lowest BCUT2D eigenvalue weighted by atomic mass is 10.1. The van der Waals surface area contributed by atoms with Gasteiger partial charge in [0.15, 0.2) is 0 Å². The number of aromatic nitrogens is 2. The zero-order valence-corrected chi connectivity index (χ0v) is 17.2. The van der Waals surface area contributed by atoms with E-state index in [-0.39, 0.29) is 5.91 Å². The lowest BCUT2D eigenvalue weighted by molar-refractivity contribution is 0.0951. The third kappa shape index (κ3) is 4.75. The smallest absolute Gasteiger partial charge is 0.255 e. The molecule has 152 valence electrons. The molecule has 0 radical (unpaired) electrons. The normalized spacial score (nSPS) is 10.8. The first-order valence-electron chi connectivity index (χ1n) is 9.34. The Kier molecular flexibility index (Phi) is 6.51. The van der Waals surface area contributed by atoms with Crippen LogP contribution in [-0.4, -0.2) is 62.0 Å². The van der Waals surface area contributed by atoms with Crippen molar-refractivity contribution in [3.8, 4) is 28.4 Å². The molecule has 0 aliphatic carbocycles. The molecule has 2 aromatic carbocycles. The number of nitrogens with zero attached hydrogens (tertiary/aromatic N) is 3. The van der Waals surface area contributed by atoms with Crippen LogP contribution >= 0.6 is 0 Å². The molecule has 7 heteroatoms. The van der Waals surface area contributed by atoms with Crippen molar-refractivity contribution in [3.63, 3.8) is 0 Å². The number of nitrogens with one attached hydrogen (secondary N) is 1. The first-order chi connectivity index (χ1) is 14.0. The number of carbonyl (C=O) groups excluding carboxylic acids is 1. The van der Waals surface area contributed by atoms with Crippen molar-refractivity contribution < 1.29 is 14.3 Å². The Balaban J connectivity index is 2.07. The molecule has 3 rings (SSSR count). The minimum Gasteiger partial charge on any atom is -0.497 e. The van der Waals surface area contributed by atoms with Gasteiger partial charge in [0.1, 0.15) is 17.2 Å². The van der Waals surface area contributed by atoms with Crippen molar-refractivity contribution in [1.29, 1.82) is 0 Å². The number of methoxy groups -OCH3 is 2. The fourth-order valence-corrected chi connectivity index (χ4v) is 2.94. The Hall–Kier alpha value is -3.32. The summed E-state index contributed by atoms with van der Waals surface area (Å²) >= 11 is 0. The first-order valence-corrected chi connectivity index (χ1v) is 9.34. The standard InChI is InChI=1S/C22H26N4O3/c1-25(2)13-12-23-22(27)19-15-26(16-8-6-5-7-9-16)24-21(19)18-14-17(28-3)10-11-20(18)29-4/h5-11,14-15H,12-13H2,1-4H3,(H,23,27). The van der Waals surface area contributed by atoms with Gasteiger partial charge in [0.05, 0.1) is 25.5 Å². The topological polar surface area (TPSA) is 68.6 Å². The molecule has 0 atom stereocenters. The van der Waals surface area contributed by atoms with Crippen LogP contribution in [-0.2, 0) is 0 Å². The van der Waals surface area contributed by atoms with Crippen molar-refractivity contribution >= 4 is 5.91 Å². The summed E-state index contributed by atoms with van der Waals surface area (Å²) in [6.45, 7) is 1.29. The molecule has 1 N–H and O–H groups in total. The SMILES string of the molecule is COc1ccc(OC)c(-c2nn(-c3ccccc3)cc2C(=O)NCCN(C)C)c1. The van der Waals surface area contributed by atoms with E-state index in [1.165, 1.54) is 0 Å². The predicted octanol–water partition coefficient (Wildman–Crippen LogP) is 2.85. The van der Waals surface area contributed by atoms with Crippen LogP contribution in [0.15, 0.2) is 54.7 Å². The van der Waals surface area contributed by atoms with Crippen molar-refractivity contribution in [1.82, 2.24) is 20.0 Å². The second-order valence-corrected chi connectivity index (χ2v) is 6.80. The van der Waals surface area contributed by atoms with E-state index in [4.69, 9.17) is 14.6 Å². The predicted molar refractivity (Wildman–Crippen MR) is 113 cm³/mol. The van der Waals surface area contributed by atoms with Gasteiger partial charge in [-0.2, -0.15) is 5.10 Å². The minimum atomic E-state index is -0.186. The van der Waals surface area contributed by atoms with Crippen LogP contribution in [0.2, 0.25) is 0 Å². The second kappa shape index (κ2) is 9.25. The maximum absolute atomic E-state index is 13.0. The lowest BCUT2D eigenvalue weighted by Gasteiger charge is -2.12. The Bertz CT molecular complexity index is 967. The molecule has 0 unspecified atom stereocenters. The van der Waals surface area contributed by atoms with Gasteiger partial charge >= 0.3 is 0 Å². The zero-order valence-electron chi connectivity index (χ0n) is 17.2. The number of ether oxygens (including phenoxy) is 2. The van der Waals surface area contributed by atoms with E-state index >= 15 is 0 Å². The van der Waals surface area contributed by atoms with Crippen LogP contribution in [0.25, 0.3) is 16.9 Å². The van der Waals surface area contributed by atoms with Crippen molar-refractivity contribution in [2.24, 2.45) is 0 Å². The van der Waals surface area contributed by atoms with Gasteiger partial charge in [-0.25, -0.2) is 4.68 Å². The number of carbonyl (C=O) groups is 1. The summed E-state index contributed by atoms with van der Waals surface area (Å²) in [6.07, 6.45) is 1.74. The molecule has 0 fully saturated rings. The van der Waals surface area contributed by atoms with Gasteiger partial charge in [0, 0.05) is 24.8 Å². The second-order valence-electron chi connectivity index (χ2n) is 6.80. The van der Waals surface area contributed by atoms with Crippen molar-refractivity contribution in [3.05, 3.63) is 60.3 Å². The summed E-state index contributed by atoms with van der Waals surface area (Å²) in [5.41, 5.74) is 2.56. The quantitative estimate of drug-likeness (QED) is 0.636. The molecular formula is C22H26N4O3. The van der Waals surface area contributed by atoms with E-state index in [0.717, 1.165) is 12.2 Å². The molecule has 3 aromatic rings. The van der Waals surface area contributed by atoms with Gasteiger partial charge in [-0.1, -0.05) is 18.2 Å². The Morgan fingerprint density at radius 2 is 1.86 bits per heavy atom. The third-order valence-corrected chi connectivity index (χ3v) is 4.49. The summed E-state index contributed by atoms with van der Waals surface area (Å²) in [5, 5.41) is 7.67. The van der Waals surface area contributed by atoms with Crippen molar-refractivity contribution in [2.45, 2.75) is 0 Å². The molecule has 7 nitrogen and oxygen atoms in total. The minimum absolute atomic E-state index is 0.186. The summed E-state index contributed by atoms with van der Waals surface area (Å²) in [5.74, 6) is 1.09. The maximum atomic E-state index is 13.0. The highest BCUT2D eigenvalue weighted by molar-refractivity contribution is 6.00. The molecule has 0 bridgehead atoms. The molecule has 1 amide bonds. The molecule has 0 aliphatic rings. The highest BCUT2D eigenvalue weighted by atomic mass is 16.5. The Morgan fingerprint density at radius 3 is 2.52 bits per heavy atom.